The van der Waals surface area contributed by atoms with Gasteiger partial charge in [-0.3, -0.25) is 9.69 Å². The van der Waals surface area contributed by atoms with Crippen molar-refractivity contribution < 1.29 is 13.9 Å². The fraction of sp³-hybridized carbons (Fsp3) is 0.348. The summed E-state index contributed by atoms with van der Waals surface area (Å²) >= 11 is 4.67. The van der Waals surface area contributed by atoms with Gasteiger partial charge in [-0.15, -0.1) is 0 Å². The summed E-state index contributed by atoms with van der Waals surface area (Å²) in [6.45, 7) is 6.28. The highest BCUT2D eigenvalue weighted by Gasteiger charge is 2.31. The van der Waals surface area contributed by atoms with E-state index in [0.29, 0.717) is 12.3 Å². The monoisotopic (exact) mass is 518 g/mol. The summed E-state index contributed by atoms with van der Waals surface area (Å²) in [4.78, 5) is 17.3. The molecule has 3 aromatic rings. The number of carbonyl (C=O) groups excluding carboxylic acids is 1. The van der Waals surface area contributed by atoms with Gasteiger partial charge in [-0.05, 0) is 59.6 Å². The normalized spacial score (nSPS) is 19.7. The van der Waals surface area contributed by atoms with E-state index in [1.54, 1.807) is 19.3 Å². The summed E-state index contributed by atoms with van der Waals surface area (Å²) in [6.07, 6.45) is 3.36. The molecule has 1 aliphatic heterocycles. The number of amides is 1. The lowest BCUT2D eigenvalue weighted by atomic mass is 10.1. The number of halogens is 2. The van der Waals surface area contributed by atoms with Crippen molar-refractivity contribution in [2.24, 2.45) is 0 Å². The Morgan fingerprint density at radius 2 is 2.00 bits per heavy atom. The molecule has 0 aliphatic carbocycles. The Bertz CT molecular complexity index is 1150. The van der Waals surface area contributed by atoms with E-state index < -0.39 is 0 Å². The van der Waals surface area contributed by atoms with Crippen LogP contribution in [0.2, 0.25) is 0 Å². The largest absolute Gasteiger partial charge is 0.495 e. The molecule has 168 valence electrons. The van der Waals surface area contributed by atoms with Crippen molar-refractivity contribution in [1.82, 2.24) is 18.5 Å². The predicted octanol–water partition coefficient (Wildman–Crippen LogP) is 4.74. The first-order valence-corrected chi connectivity index (χ1v) is 11.9. The van der Waals surface area contributed by atoms with Gasteiger partial charge in [0.05, 0.1) is 23.3 Å². The minimum absolute atomic E-state index is 0.0412. The zero-order valence-corrected chi connectivity index (χ0v) is 20.5. The van der Waals surface area contributed by atoms with Crippen molar-refractivity contribution in [3.05, 3.63) is 57.8 Å². The van der Waals surface area contributed by atoms with Gasteiger partial charge >= 0.3 is 0 Å². The average molecular weight is 519 g/mol. The smallest absolute Gasteiger partial charge is 0.246 e. The maximum Gasteiger partial charge on any atom is 0.246 e. The van der Waals surface area contributed by atoms with E-state index in [4.69, 9.17) is 4.74 Å². The van der Waals surface area contributed by atoms with E-state index in [-0.39, 0.29) is 23.8 Å². The molecule has 0 unspecified atom stereocenters. The molecule has 0 N–H and O–H groups in total. The molecule has 1 fully saturated rings. The van der Waals surface area contributed by atoms with Gasteiger partial charge in [0.15, 0.2) is 0 Å². The van der Waals surface area contributed by atoms with Gasteiger partial charge in [-0.25, -0.2) is 4.39 Å². The second kappa shape index (κ2) is 9.64. The first-order valence-electron chi connectivity index (χ1n) is 10.3. The fourth-order valence-corrected chi connectivity index (χ4v) is 5.36. The zero-order chi connectivity index (χ0) is 22.8. The van der Waals surface area contributed by atoms with Crippen LogP contribution in [-0.4, -0.2) is 56.7 Å². The molecule has 1 amide bonds. The van der Waals surface area contributed by atoms with Crippen LogP contribution in [0.3, 0.4) is 0 Å². The number of benzene rings is 2. The standard InChI is InChI=1S/C23H24BrFN4O2S/c1-14-12-29(15(2)11-28(14)13-16-4-7-18(25)8-5-16)20(30)9-6-17-10-19-22(27-32-26-19)21(24)23(17)31-3/h4-10,14-15H,11-13H2,1-3H3/b9-6+/t14-,15+/m0/s1. The number of ether oxygens (including phenoxy) is 1. The Kier molecular flexibility index (Phi) is 6.88. The van der Waals surface area contributed by atoms with Crippen LogP contribution in [0, 0.1) is 5.82 Å². The molecule has 2 atom stereocenters. The average Bonchev–Trinajstić information content (AvgIpc) is 3.25. The van der Waals surface area contributed by atoms with E-state index in [0.717, 1.165) is 51.5 Å². The van der Waals surface area contributed by atoms with Crippen molar-refractivity contribution in [2.75, 3.05) is 20.2 Å². The quantitative estimate of drug-likeness (QED) is 0.456. The third kappa shape index (κ3) is 4.69. The molecule has 6 nitrogen and oxygen atoms in total. The number of hydrogen-bond acceptors (Lipinski definition) is 6. The topological polar surface area (TPSA) is 58.6 Å². The second-order valence-corrected chi connectivity index (χ2v) is 9.34. The van der Waals surface area contributed by atoms with E-state index in [9.17, 15) is 9.18 Å². The Hall–Kier alpha value is -2.36. The summed E-state index contributed by atoms with van der Waals surface area (Å²) in [6, 6.07) is 8.72. The van der Waals surface area contributed by atoms with Crippen molar-refractivity contribution in [1.29, 1.82) is 0 Å². The highest BCUT2D eigenvalue weighted by Crippen LogP contribution is 2.36. The van der Waals surface area contributed by atoms with Gasteiger partial charge in [-0.1, -0.05) is 12.1 Å². The number of hydrogen-bond donors (Lipinski definition) is 0. The van der Waals surface area contributed by atoms with Gasteiger partial charge < -0.3 is 9.64 Å². The number of methoxy groups -OCH3 is 1. The van der Waals surface area contributed by atoms with Gasteiger partial charge in [0, 0.05) is 43.4 Å². The van der Waals surface area contributed by atoms with Crippen LogP contribution in [-0.2, 0) is 11.3 Å². The molecular formula is C23H24BrFN4O2S. The van der Waals surface area contributed by atoms with E-state index in [2.05, 4.69) is 43.4 Å². The minimum Gasteiger partial charge on any atom is -0.495 e. The zero-order valence-electron chi connectivity index (χ0n) is 18.1. The molecule has 1 aromatic heterocycles. The van der Waals surface area contributed by atoms with Crippen LogP contribution in [0.4, 0.5) is 4.39 Å². The van der Waals surface area contributed by atoms with Crippen LogP contribution >= 0.6 is 27.7 Å². The third-order valence-electron chi connectivity index (χ3n) is 5.78. The lowest BCUT2D eigenvalue weighted by molar-refractivity contribution is -0.131. The summed E-state index contributed by atoms with van der Waals surface area (Å²) in [7, 11) is 1.59. The molecule has 0 saturated carbocycles. The summed E-state index contributed by atoms with van der Waals surface area (Å²) in [5.41, 5.74) is 3.33. The number of aromatic nitrogens is 2. The SMILES string of the molecule is COc1c(/C=C/C(=O)N2C[C@H](C)N(Cc3ccc(F)cc3)C[C@H]2C)cc2nsnc2c1Br. The van der Waals surface area contributed by atoms with Crippen molar-refractivity contribution in [3.8, 4) is 5.75 Å². The lowest BCUT2D eigenvalue weighted by Gasteiger charge is -2.44. The Balaban J connectivity index is 1.47. The van der Waals surface area contributed by atoms with Gasteiger partial charge in [0.2, 0.25) is 5.91 Å². The lowest BCUT2D eigenvalue weighted by Crippen LogP contribution is -2.57. The molecule has 4 rings (SSSR count). The van der Waals surface area contributed by atoms with Crippen LogP contribution in [0.1, 0.15) is 25.0 Å². The van der Waals surface area contributed by atoms with Crippen molar-refractivity contribution in [2.45, 2.75) is 32.5 Å². The molecule has 1 aliphatic rings. The third-order valence-corrected chi connectivity index (χ3v) is 7.06. The van der Waals surface area contributed by atoms with Crippen molar-refractivity contribution >= 4 is 50.7 Å². The molecule has 32 heavy (non-hydrogen) atoms. The molecule has 9 heteroatoms. The van der Waals surface area contributed by atoms with E-state index in [1.165, 1.54) is 12.1 Å². The van der Waals surface area contributed by atoms with Gasteiger partial charge in [0.25, 0.3) is 0 Å². The van der Waals surface area contributed by atoms with Gasteiger partial charge in [-0.2, -0.15) is 8.75 Å². The van der Waals surface area contributed by atoms with E-state index in [1.807, 2.05) is 23.1 Å². The fourth-order valence-electron chi connectivity index (χ4n) is 4.03. The first-order chi connectivity index (χ1) is 15.4. The minimum atomic E-state index is -0.230. The molecule has 2 heterocycles. The number of piperazine rings is 1. The van der Waals surface area contributed by atoms with Crippen LogP contribution in [0.15, 0.2) is 40.9 Å². The Labute approximate surface area is 199 Å². The Morgan fingerprint density at radius 1 is 1.25 bits per heavy atom. The number of fused-ring (bicyclic) bond motifs is 1. The summed E-state index contributed by atoms with van der Waals surface area (Å²) in [5.74, 6) is 0.353. The summed E-state index contributed by atoms with van der Waals surface area (Å²) < 4.78 is 28.0. The molecule has 2 aromatic carbocycles. The Morgan fingerprint density at radius 3 is 2.72 bits per heavy atom. The van der Waals surface area contributed by atoms with Gasteiger partial charge in [0.1, 0.15) is 22.6 Å². The highest BCUT2D eigenvalue weighted by atomic mass is 79.9. The molecule has 0 radical (unpaired) electrons. The molecule has 1 saturated heterocycles. The number of carbonyl (C=O) groups is 1. The maximum atomic E-state index is 13.2. The maximum absolute atomic E-state index is 13.2. The van der Waals surface area contributed by atoms with Crippen molar-refractivity contribution in [3.63, 3.8) is 0 Å². The van der Waals surface area contributed by atoms with Crippen LogP contribution < -0.4 is 4.74 Å². The molecule has 0 spiro atoms. The number of nitrogens with zero attached hydrogens (tertiary/aromatic N) is 4. The second-order valence-electron chi connectivity index (χ2n) is 8.02. The summed E-state index contributed by atoms with van der Waals surface area (Å²) in [5, 5.41) is 0. The van der Waals surface area contributed by atoms with Crippen LogP contribution in [0.5, 0.6) is 5.75 Å². The molecular weight excluding hydrogens is 495 g/mol. The molecule has 0 bridgehead atoms. The van der Waals surface area contributed by atoms with Crippen LogP contribution in [0.25, 0.3) is 17.1 Å². The predicted molar refractivity (Wildman–Crippen MR) is 128 cm³/mol. The highest BCUT2D eigenvalue weighted by molar-refractivity contribution is 9.10. The van der Waals surface area contributed by atoms with E-state index >= 15 is 0 Å². The first kappa shape index (κ1) is 22.8. The number of rotatable bonds is 5.